The zero-order valence-electron chi connectivity index (χ0n) is 12.4. The summed E-state index contributed by atoms with van der Waals surface area (Å²) in [5, 5.41) is 14.1. The van der Waals surface area contributed by atoms with Crippen molar-refractivity contribution in [1.29, 1.82) is 0 Å². The largest absolute Gasteiger partial charge is 0.480 e. The minimum Gasteiger partial charge on any atom is -0.480 e. The number of aliphatic carboxylic acids is 1. The molecule has 0 spiro atoms. The highest BCUT2D eigenvalue weighted by Gasteiger charge is 2.47. The summed E-state index contributed by atoms with van der Waals surface area (Å²) in [7, 11) is 0. The molecule has 114 valence electrons. The van der Waals surface area contributed by atoms with Crippen LogP contribution >= 0.6 is 0 Å². The monoisotopic (exact) mass is 284 g/mol. The van der Waals surface area contributed by atoms with Crippen molar-refractivity contribution < 1.29 is 19.5 Å². The molecule has 1 aliphatic carbocycles. The Morgan fingerprint density at radius 1 is 1.25 bits per heavy atom. The second kappa shape index (κ2) is 6.72. The number of carboxylic acid groups (broad SMARTS) is 1. The van der Waals surface area contributed by atoms with Gasteiger partial charge in [0.05, 0.1) is 6.54 Å². The van der Waals surface area contributed by atoms with Gasteiger partial charge in [-0.2, -0.15) is 0 Å². The molecule has 1 fully saturated rings. The summed E-state index contributed by atoms with van der Waals surface area (Å²) in [4.78, 5) is 34.6. The first-order chi connectivity index (χ1) is 9.30. The third-order valence-electron chi connectivity index (χ3n) is 3.76. The molecule has 0 aliphatic heterocycles. The normalized spacial score (nSPS) is 17.4. The van der Waals surface area contributed by atoms with Crippen LogP contribution in [0.25, 0.3) is 0 Å². The fraction of sp³-hybridized carbons (Fsp3) is 0.786. The van der Waals surface area contributed by atoms with Crippen LogP contribution < -0.4 is 10.6 Å². The topological polar surface area (TPSA) is 95.5 Å². The SMILES string of the molecule is CCC1(C(=O)NCC(=O)N[C@@H](CC(C)C)C(=O)O)CC1. The smallest absolute Gasteiger partial charge is 0.326 e. The molecule has 3 N–H and O–H groups in total. The van der Waals surface area contributed by atoms with E-state index in [0.717, 1.165) is 19.3 Å². The van der Waals surface area contributed by atoms with E-state index < -0.39 is 17.9 Å². The standard InChI is InChI=1S/C14H24N2O4/c1-4-14(5-6-14)13(20)15-8-11(17)16-10(12(18)19)7-9(2)3/h9-10H,4-8H2,1-3H3,(H,15,20)(H,16,17)(H,18,19)/t10-/m0/s1. The highest BCUT2D eigenvalue weighted by molar-refractivity contribution is 5.90. The maximum absolute atomic E-state index is 11.9. The average Bonchev–Trinajstić information content (AvgIpc) is 3.15. The number of nitrogens with one attached hydrogen (secondary N) is 2. The molecule has 6 nitrogen and oxygen atoms in total. The average molecular weight is 284 g/mol. The number of carboxylic acids is 1. The second-order valence-corrected chi connectivity index (χ2v) is 5.90. The summed E-state index contributed by atoms with van der Waals surface area (Å²) < 4.78 is 0. The van der Waals surface area contributed by atoms with Gasteiger partial charge in [0.1, 0.15) is 6.04 Å². The quantitative estimate of drug-likeness (QED) is 0.617. The summed E-state index contributed by atoms with van der Waals surface area (Å²) in [5.74, 6) is -1.45. The van der Waals surface area contributed by atoms with Gasteiger partial charge in [0, 0.05) is 5.41 Å². The maximum Gasteiger partial charge on any atom is 0.326 e. The predicted octanol–water partition coefficient (Wildman–Crippen LogP) is 0.908. The van der Waals surface area contributed by atoms with Crippen molar-refractivity contribution in [3.8, 4) is 0 Å². The number of hydrogen-bond acceptors (Lipinski definition) is 3. The van der Waals surface area contributed by atoms with Crippen LogP contribution in [0.15, 0.2) is 0 Å². The van der Waals surface area contributed by atoms with Gasteiger partial charge in [0.15, 0.2) is 0 Å². The van der Waals surface area contributed by atoms with Crippen LogP contribution in [0.2, 0.25) is 0 Å². The third kappa shape index (κ3) is 4.51. The molecule has 0 aromatic carbocycles. The van der Waals surface area contributed by atoms with Crippen molar-refractivity contribution >= 4 is 17.8 Å². The third-order valence-corrected chi connectivity index (χ3v) is 3.76. The van der Waals surface area contributed by atoms with Gasteiger partial charge in [-0.05, 0) is 31.6 Å². The predicted molar refractivity (Wildman–Crippen MR) is 74.0 cm³/mol. The van der Waals surface area contributed by atoms with E-state index in [1.54, 1.807) is 0 Å². The molecule has 0 heterocycles. The zero-order valence-corrected chi connectivity index (χ0v) is 12.4. The zero-order chi connectivity index (χ0) is 15.3. The van der Waals surface area contributed by atoms with Gasteiger partial charge in [-0.25, -0.2) is 4.79 Å². The highest BCUT2D eigenvalue weighted by Crippen LogP contribution is 2.48. The van der Waals surface area contributed by atoms with Crippen molar-refractivity contribution in [2.24, 2.45) is 11.3 Å². The lowest BCUT2D eigenvalue weighted by molar-refractivity contribution is -0.142. The van der Waals surface area contributed by atoms with E-state index in [9.17, 15) is 14.4 Å². The van der Waals surface area contributed by atoms with Crippen LogP contribution in [0.5, 0.6) is 0 Å². The molecular formula is C14H24N2O4. The number of hydrogen-bond donors (Lipinski definition) is 3. The molecule has 1 saturated carbocycles. The summed E-state index contributed by atoms with van der Waals surface area (Å²) in [6.45, 7) is 5.57. The van der Waals surface area contributed by atoms with Gasteiger partial charge >= 0.3 is 5.97 Å². The Kier molecular flexibility index (Phi) is 5.53. The number of amides is 2. The highest BCUT2D eigenvalue weighted by atomic mass is 16.4. The molecule has 1 rings (SSSR count). The minimum atomic E-state index is -1.05. The molecule has 0 aromatic heterocycles. The van der Waals surface area contributed by atoms with Crippen LogP contribution in [0.3, 0.4) is 0 Å². The lowest BCUT2D eigenvalue weighted by atomic mass is 10.0. The lowest BCUT2D eigenvalue weighted by Crippen LogP contribution is -2.47. The van der Waals surface area contributed by atoms with E-state index in [-0.39, 0.29) is 23.8 Å². The van der Waals surface area contributed by atoms with E-state index in [4.69, 9.17) is 5.11 Å². The first kappa shape index (κ1) is 16.5. The van der Waals surface area contributed by atoms with E-state index in [2.05, 4.69) is 10.6 Å². The summed E-state index contributed by atoms with van der Waals surface area (Å²) in [6.07, 6.45) is 2.86. The van der Waals surface area contributed by atoms with Gasteiger partial charge < -0.3 is 15.7 Å². The Bertz CT molecular complexity index is 389. The molecule has 0 radical (unpaired) electrons. The Morgan fingerprint density at radius 2 is 1.85 bits per heavy atom. The fourth-order valence-corrected chi connectivity index (χ4v) is 2.18. The molecule has 0 bridgehead atoms. The summed E-state index contributed by atoms with van der Waals surface area (Å²) in [5.41, 5.74) is -0.287. The fourth-order valence-electron chi connectivity index (χ4n) is 2.18. The first-order valence-electron chi connectivity index (χ1n) is 7.11. The van der Waals surface area contributed by atoms with Gasteiger partial charge in [0.25, 0.3) is 0 Å². The molecule has 1 atom stereocenters. The van der Waals surface area contributed by atoms with Gasteiger partial charge in [-0.3, -0.25) is 9.59 Å². The number of carbonyl (C=O) groups excluding carboxylic acids is 2. The van der Waals surface area contributed by atoms with Crippen molar-refractivity contribution in [2.45, 2.75) is 52.5 Å². The second-order valence-electron chi connectivity index (χ2n) is 5.90. The van der Waals surface area contributed by atoms with Gasteiger partial charge in [-0.15, -0.1) is 0 Å². The number of carbonyl (C=O) groups is 3. The minimum absolute atomic E-state index is 0.106. The van der Waals surface area contributed by atoms with Crippen LogP contribution in [0, 0.1) is 11.3 Å². The Balaban J connectivity index is 2.38. The van der Waals surface area contributed by atoms with Crippen molar-refractivity contribution in [1.82, 2.24) is 10.6 Å². The van der Waals surface area contributed by atoms with Crippen LogP contribution in [-0.2, 0) is 14.4 Å². The Morgan fingerprint density at radius 3 is 2.25 bits per heavy atom. The molecule has 0 aromatic rings. The molecule has 20 heavy (non-hydrogen) atoms. The Labute approximate surface area is 119 Å². The van der Waals surface area contributed by atoms with E-state index >= 15 is 0 Å². The number of rotatable bonds is 8. The summed E-state index contributed by atoms with van der Waals surface area (Å²) in [6, 6.07) is -0.902. The maximum atomic E-state index is 11.9. The molecule has 1 aliphatic rings. The molecule has 2 amide bonds. The van der Waals surface area contributed by atoms with E-state index in [1.165, 1.54) is 0 Å². The molecule has 0 saturated heterocycles. The van der Waals surface area contributed by atoms with Crippen molar-refractivity contribution in [3.63, 3.8) is 0 Å². The van der Waals surface area contributed by atoms with Crippen LogP contribution in [0.4, 0.5) is 0 Å². The van der Waals surface area contributed by atoms with Crippen molar-refractivity contribution in [2.75, 3.05) is 6.54 Å². The lowest BCUT2D eigenvalue weighted by Gasteiger charge is -2.17. The molecular weight excluding hydrogens is 260 g/mol. The van der Waals surface area contributed by atoms with Crippen LogP contribution in [0.1, 0.15) is 46.5 Å². The van der Waals surface area contributed by atoms with Crippen LogP contribution in [-0.4, -0.2) is 35.5 Å². The first-order valence-corrected chi connectivity index (χ1v) is 7.11. The van der Waals surface area contributed by atoms with Crippen molar-refractivity contribution in [3.05, 3.63) is 0 Å². The summed E-state index contributed by atoms with van der Waals surface area (Å²) >= 11 is 0. The van der Waals surface area contributed by atoms with E-state index in [1.807, 2.05) is 20.8 Å². The Hall–Kier alpha value is -1.59. The van der Waals surface area contributed by atoms with Gasteiger partial charge in [-0.1, -0.05) is 20.8 Å². The van der Waals surface area contributed by atoms with E-state index in [0.29, 0.717) is 6.42 Å². The molecule has 6 heteroatoms. The molecule has 0 unspecified atom stereocenters. The van der Waals surface area contributed by atoms with Gasteiger partial charge in [0.2, 0.25) is 11.8 Å².